The number of carbonyl (C=O) groups is 2. The molecule has 0 radical (unpaired) electrons. The molecule has 0 saturated heterocycles. The molecule has 0 fully saturated rings. The third-order valence-corrected chi connectivity index (χ3v) is 6.92. The lowest BCUT2D eigenvalue weighted by Crippen LogP contribution is -2.38. The number of hydrogen-bond acceptors (Lipinski definition) is 7. The van der Waals surface area contributed by atoms with E-state index in [0.29, 0.717) is 11.7 Å². The lowest BCUT2D eigenvalue weighted by atomic mass is 9.88. The third kappa shape index (κ3) is 3.57. The molecule has 1 aliphatic heterocycles. The minimum atomic E-state index is -0.608. The first-order valence-corrected chi connectivity index (χ1v) is 11.0. The summed E-state index contributed by atoms with van der Waals surface area (Å²) in [5.74, 6) is 0.749. The fourth-order valence-corrected chi connectivity index (χ4v) is 5.56. The highest BCUT2D eigenvalue weighted by Crippen LogP contribution is 2.43. The second-order valence-corrected chi connectivity index (χ2v) is 8.99. The van der Waals surface area contributed by atoms with Crippen molar-refractivity contribution in [1.29, 1.82) is 0 Å². The number of rotatable bonds is 4. The molecule has 0 saturated carbocycles. The number of anilines is 1. The first-order valence-electron chi connectivity index (χ1n) is 10.2. The molecule has 2 N–H and O–H groups in total. The van der Waals surface area contributed by atoms with Crippen molar-refractivity contribution in [1.82, 2.24) is 5.32 Å². The summed E-state index contributed by atoms with van der Waals surface area (Å²) >= 11 is 1.68. The lowest BCUT2D eigenvalue weighted by Gasteiger charge is -2.27. The maximum atomic E-state index is 12.9. The molecule has 2 aromatic heterocycles. The van der Waals surface area contributed by atoms with E-state index < -0.39 is 12.1 Å². The summed E-state index contributed by atoms with van der Waals surface area (Å²) in [6.45, 7) is 2.25. The predicted octanol–water partition coefficient (Wildman–Crippen LogP) is 4.55. The molecule has 1 aromatic carbocycles. The van der Waals surface area contributed by atoms with E-state index in [-0.39, 0.29) is 17.4 Å². The van der Waals surface area contributed by atoms with Gasteiger partial charge in [0, 0.05) is 4.88 Å². The topological polar surface area (TPSA) is 89.8 Å². The fourth-order valence-electron chi connectivity index (χ4n) is 4.12. The highest BCUT2D eigenvalue weighted by molar-refractivity contribution is 7.16. The van der Waals surface area contributed by atoms with E-state index in [4.69, 9.17) is 13.9 Å². The van der Waals surface area contributed by atoms with E-state index in [2.05, 4.69) is 17.6 Å². The first-order chi connectivity index (χ1) is 15.0. The summed E-state index contributed by atoms with van der Waals surface area (Å²) in [5, 5.41) is 7.42. The Morgan fingerprint density at radius 2 is 2.10 bits per heavy atom. The molecule has 3 heterocycles. The van der Waals surface area contributed by atoms with E-state index in [1.807, 2.05) is 0 Å². The molecule has 160 valence electrons. The minimum Gasteiger partial charge on any atom is -0.493 e. The smallest absolute Gasteiger partial charge is 0.379 e. The second kappa shape index (κ2) is 7.77. The van der Waals surface area contributed by atoms with Crippen molar-refractivity contribution in [2.45, 2.75) is 32.4 Å². The first kappa shape index (κ1) is 19.7. The summed E-state index contributed by atoms with van der Waals surface area (Å²) in [4.78, 5) is 26.4. The van der Waals surface area contributed by atoms with E-state index in [0.717, 1.165) is 35.4 Å². The number of fused-ring (bicyclic) bond motifs is 3. The number of carbonyl (C=O) groups excluding carboxylic acids is 2. The molecule has 0 spiro atoms. The van der Waals surface area contributed by atoms with Crippen LogP contribution in [0.2, 0.25) is 0 Å². The van der Waals surface area contributed by atoms with Gasteiger partial charge < -0.3 is 24.5 Å². The molecule has 1 aliphatic carbocycles. The Kier molecular flexibility index (Phi) is 4.94. The highest BCUT2D eigenvalue weighted by Gasteiger charge is 2.33. The van der Waals surface area contributed by atoms with Crippen molar-refractivity contribution in [2.75, 3.05) is 12.4 Å². The number of esters is 1. The van der Waals surface area contributed by atoms with E-state index in [1.54, 1.807) is 35.6 Å². The van der Waals surface area contributed by atoms with Gasteiger partial charge in [-0.15, -0.1) is 11.3 Å². The van der Waals surface area contributed by atoms with Crippen LogP contribution in [0.25, 0.3) is 0 Å². The van der Waals surface area contributed by atoms with Gasteiger partial charge in [-0.1, -0.05) is 13.0 Å². The van der Waals surface area contributed by atoms with Gasteiger partial charge >= 0.3 is 5.97 Å². The van der Waals surface area contributed by atoms with Gasteiger partial charge in [0.1, 0.15) is 11.2 Å². The molecule has 8 heteroatoms. The Labute approximate surface area is 183 Å². The molecule has 1 amide bonds. The molecular formula is C23H22N2O5S. The normalized spacial score (nSPS) is 19.6. The zero-order chi connectivity index (χ0) is 21.5. The molecule has 3 aromatic rings. The van der Waals surface area contributed by atoms with Crippen molar-refractivity contribution in [2.24, 2.45) is 5.92 Å². The van der Waals surface area contributed by atoms with Crippen LogP contribution in [-0.4, -0.2) is 19.0 Å². The number of benzene rings is 1. The van der Waals surface area contributed by atoms with E-state index in [1.165, 1.54) is 29.9 Å². The number of hydrogen-bond donors (Lipinski definition) is 2. The third-order valence-electron chi connectivity index (χ3n) is 5.74. The predicted molar refractivity (Wildman–Crippen MR) is 116 cm³/mol. The van der Waals surface area contributed by atoms with Gasteiger partial charge in [0.25, 0.3) is 5.91 Å². The van der Waals surface area contributed by atoms with Gasteiger partial charge in [-0.05, 0) is 60.6 Å². The summed E-state index contributed by atoms with van der Waals surface area (Å²) in [7, 11) is 1.50. The SMILES string of the molecule is COc1cc([C@H]2NC(=O)c3c(sc4c3CC[C@@H](C)C4)N2)ccc1OC(=O)c1ccco1. The van der Waals surface area contributed by atoms with E-state index >= 15 is 0 Å². The standard InChI is InChI=1S/C23H22N2O5S/c1-12-5-7-14-18(10-12)31-22-19(14)21(26)24-20(25-22)13-6-8-15(17(11-13)28-2)30-23(27)16-4-3-9-29-16/h3-4,6,8-9,11-12,20,25H,5,7,10H2,1-2H3,(H,24,26)/t12-,20+/m1/s1. The van der Waals surface area contributed by atoms with E-state index in [9.17, 15) is 9.59 Å². The van der Waals surface area contributed by atoms with Crippen LogP contribution in [0.5, 0.6) is 11.5 Å². The molecule has 2 aliphatic rings. The van der Waals surface area contributed by atoms with Crippen molar-refractivity contribution >= 4 is 28.2 Å². The molecular weight excluding hydrogens is 416 g/mol. The fraction of sp³-hybridized carbons (Fsp3) is 0.304. The van der Waals surface area contributed by atoms with Gasteiger partial charge in [0.2, 0.25) is 5.76 Å². The number of nitrogens with one attached hydrogen (secondary N) is 2. The quantitative estimate of drug-likeness (QED) is 0.459. The molecule has 7 nitrogen and oxygen atoms in total. The maximum absolute atomic E-state index is 12.9. The number of amides is 1. The van der Waals surface area contributed by atoms with Crippen molar-refractivity contribution in [3.8, 4) is 11.5 Å². The second-order valence-electron chi connectivity index (χ2n) is 7.88. The zero-order valence-corrected chi connectivity index (χ0v) is 18.0. The summed E-state index contributed by atoms with van der Waals surface area (Å²) < 4.78 is 15.9. The largest absolute Gasteiger partial charge is 0.493 e. The van der Waals surface area contributed by atoms with Crippen LogP contribution in [0.3, 0.4) is 0 Å². The number of thiophene rings is 1. The van der Waals surface area contributed by atoms with Crippen LogP contribution in [0.4, 0.5) is 5.00 Å². The van der Waals surface area contributed by atoms with Crippen LogP contribution in [0.1, 0.15) is 56.4 Å². The van der Waals surface area contributed by atoms with Crippen LogP contribution >= 0.6 is 11.3 Å². The Hall–Kier alpha value is -3.26. The van der Waals surface area contributed by atoms with Crippen molar-refractivity contribution in [3.63, 3.8) is 0 Å². The molecule has 0 bridgehead atoms. The Morgan fingerprint density at radius 3 is 2.87 bits per heavy atom. The summed E-state index contributed by atoms with van der Waals surface area (Å²) in [5.41, 5.74) is 2.78. The molecule has 31 heavy (non-hydrogen) atoms. The van der Waals surface area contributed by atoms with Crippen molar-refractivity contribution in [3.05, 3.63) is 63.9 Å². The van der Waals surface area contributed by atoms with Gasteiger partial charge in [-0.3, -0.25) is 4.79 Å². The zero-order valence-electron chi connectivity index (χ0n) is 17.2. The highest BCUT2D eigenvalue weighted by atomic mass is 32.1. The minimum absolute atomic E-state index is 0.0573. The van der Waals surface area contributed by atoms with Crippen LogP contribution in [-0.2, 0) is 12.8 Å². The maximum Gasteiger partial charge on any atom is 0.379 e. The monoisotopic (exact) mass is 438 g/mol. The molecule has 5 rings (SSSR count). The average molecular weight is 439 g/mol. The summed E-state index contributed by atoms with van der Waals surface area (Å²) in [6.07, 6.45) is 4.09. The summed E-state index contributed by atoms with van der Waals surface area (Å²) in [6, 6.07) is 8.35. The van der Waals surface area contributed by atoms with Crippen LogP contribution in [0, 0.1) is 5.92 Å². The molecule has 0 unspecified atom stereocenters. The number of ether oxygens (including phenoxy) is 2. The Bertz CT molecular complexity index is 1150. The van der Waals surface area contributed by atoms with Gasteiger partial charge in [-0.25, -0.2) is 4.79 Å². The van der Waals surface area contributed by atoms with Crippen LogP contribution < -0.4 is 20.1 Å². The lowest BCUT2D eigenvalue weighted by molar-refractivity contribution is 0.0696. The Balaban J connectivity index is 1.40. The Morgan fingerprint density at radius 1 is 1.23 bits per heavy atom. The average Bonchev–Trinajstić information content (AvgIpc) is 3.41. The van der Waals surface area contributed by atoms with Gasteiger partial charge in [0.15, 0.2) is 11.5 Å². The van der Waals surface area contributed by atoms with Crippen LogP contribution in [0.15, 0.2) is 41.0 Å². The number of furan rings is 1. The molecule has 2 atom stereocenters. The van der Waals surface area contributed by atoms with Gasteiger partial charge in [-0.2, -0.15) is 0 Å². The van der Waals surface area contributed by atoms with Gasteiger partial charge in [0.05, 0.1) is 18.9 Å². The number of methoxy groups -OCH3 is 1. The van der Waals surface area contributed by atoms with Crippen molar-refractivity contribution < 1.29 is 23.5 Å².